The van der Waals surface area contributed by atoms with Crippen LogP contribution < -0.4 is 10.6 Å². The van der Waals surface area contributed by atoms with Crippen molar-refractivity contribution in [2.24, 2.45) is 0 Å². The molecule has 1 heterocycles. The van der Waals surface area contributed by atoms with Gasteiger partial charge in [-0.15, -0.1) is 0 Å². The van der Waals surface area contributed by atoms with Gasteiger partial charge in [-0.3, -0.25) is 0 Å². The van der Waals surface area contributed by atoms with E-state index in [0.29, 0.717) is 0 Å². The average molecular weight is 335 g/mol. The van der Waals surface area contributed by atoms with E-state index in [0.717, 1.165) is 33.5 Å². The zero-order valence-electron chi connectivity index (χ0n) is 13.2. The van der Waals surface area contributed by atoms with Crippen molar-refractivity contribution in [3.63, 3.8) is 0 Å². The molecule has 0 aliphatic carbocycles. The van der Waals surface area contributed by atoms with Gasteiger partial charge in [-0.05, 0) is 60.7 Å². The van der Waals surface area contributed by atoms with Gasteiger partial charge in [0.25, 0.3) is 0 Å². The maximum Gasteiger partial charge on any atom is 0.123 e. The van der Waals surface area contributed by atoms with Crippen LogP contribution in [0.1, 0.15) is 0 Å². The van der Waals surface area contributed by atoms with Crippen LogP contribution in [0.3, 0.4) is 0 Å². The minimum absolute atomic E-state index is 0.281. The summed E-state index contributed by atoms with van der Waals surface area (Å²) in [5, 5.41) is 8.69. The molecule has 4 rings (SSSR count). The highest BCUT2D eigenvalue weighted by Gasteiger charge is 2.07. The number of nitrogens with one attached hydrogen (secondary N) is 3. The maximum atomic E-state index is 13.1. The van der Waals surface area contributed by atoms with E-state index in [4.69, 9.17) is 0 Å². The normalized spacial score (nSPS) is 10.8. The highest BCUT2D eigenvalue weighted by atomic mass is 19.1. The second-order valence-corrected chi connectivity index (χ2v) is 5.75. The van der Waals surface area contributed by atoms with Crippen molar-refractivity contribution in [1.29, 1.82) is 0 Å². The Bertz CT molecular complexity index is 924. The van der Waals surface area contributed by atoms with Crippen molar-refractivity contribution in [2.75, 3.05) is 10.6 Å². The third-order valence-corrected chi connectivity index (χ3v) is 3.95. The first-order chi connectivity index (χ1) is 12.2. The van der Waals surface area contributed by atoms with Gasteiger partial charge in [0.1, 0.15) is 11.6 Å². The van der Waals surface area contributed by atoms with Gasteiger partial charge in [-0.25, -0.2) is 8.78 Å². The molecule has 0 saturated carbocycles. The van der Waals surface area contributed by atoms with E-state index in [1.165, 1.54) is 24.3 Å². The fourth-order valence-corrected chi connectivity index (χ4v) is 2.69. The Balaban J connectivity index is 1.72. The van der Waals surface area contributed by atoms with Crippen LogP contribution in [-0.4, -0.2) is 4.98 Å². The summed E-state index contributed by atoms with van der Waals surface area (Å²) in [4.78, 5) is 3.08. The summed E-state index contributed by atoms with van der Waals surface area (Å²) in [6.45, 7) is 0. The third-order valence-electron chi connectivity index (χ3n) is 3.95. The van der Waals surface area contributed by atoms with Gasteiger partial charge in [0.05, 0.1) is 11.4 Å². The lowest BCUT2D eigenvalue weighted by Gasteiger charge is -2.15. The summed E-state index contributed by atoms with van der Waals surface area (Å²) >= 11 is 0. The van der Waals surface area contributed by atoms with E-state index in [1.54, 1.807) is 24.3 Å². The molecule has 0 atom stereocenters. The smallest absolute Gasteiger partial charge is 0.123 e. The lowest BCUT2D eigenvalue weighted by atomic mass is 10.1. The highest BCUT2D eigenvalue weighted by Crippen LogP contribution is 2.33. The predicted molar refractivity (Wildman–Crippen MR) is 97.7 cm³/mol. The number of rotatable bonds is 4. The van der Waals surface area contributed by atoms with E-state index in [1.807, 2.05) is 24.5 Å². The van der Waals surface area contributed by atoms with Crippen LogP contribution in [0.25, 0.3) is 10.8 Å². The van der Waals surface area contributed by atoms with Crippen LogP contribution in [0.4, 0.5) is 31.5 Å². The molecule has 5 heteroatoms. The number of H-pyrrole nitrogens is 1. The fraction of sp³-hybridized carbons (Fsp3) is 0. The number of fused-ring (bicyclic) bond motifs is 1. The highest BCUT2D eigenvalue weighted by molar-refractivity contribution is 5.94. The maximum absolute atomic E-state index is 13.1. The molecular formula is C20H15F2N3. The molecule has 0 aliphatic rings. The standard InChI is InChI=1S/C20H15F2N3/c21-15-1-5-17(6-2-15)24-19-9-13-11-23-12-14(13)10-20(19)25-18-7-3-16(22)4-8-18/h1-12,23-25H. The summed E-state index contributed by atoms with van der Waals surface area (Å²) in [5.41, 5.74) is 3.22. The van der Waals surface area contributed by atoms with Crippen LogP contribution in [0.15, 0.2) is 73.1 Å². The van der Waals surface area contributed by atoms with Crippen LogP contribution >= 0.6 is 0 Å². The minimum atomic E-state index is -0.281. The average Bonchev–Trinajstić information content (AvgIpc) is 3.06. The lowest BCUT2D eigenvalue weighted by molar-refractivity contribution is 0.627. The first kappa shape index (κ1) is 15.2. The van der Waals surface area contributed by atoms with Crippen molar-refractivity contribution in [3.8, 4) is 0 Å². The SMILES string of the molecule is Fc1ccc(Nc2cc3c[nH]cc3cc2Nc2ccc(F)cc2)cc1. The summed E-state index contributed by atoms with van der Waals surface area (Å²) in [6.07, 6.45) is 3.82. The largest absolute Gasteiger partial charge is 0.366 e. The van der Waals surface area contributed by atoms with Gasteiger partial charge in [0.2, 0.25) is 0 Å². The van der Waals surface area contributed by atoms with Crippen molar-refractivity contribution >= 4 is 33.5 Å². The Morgan fingerprint density at radius 2 is 1.00 bits per heavy atom. The Morgan fingerprint density at radius 3 is 1.40 bits per heavy atom. The zero-order valence-corrected chi connectivity index (χ0v) is 13.2. The predicted octanol–water partition coefficient (Wildman–Crippen LogP) is 5.93. The van der Waals surface area contributed by atoms with Gasteiger partial charge < -0.3 is 15.6 Å². The summed E-state index contributed by atoms with van der Waals surface area (Å²) < 4.78 is 26.2. The quantitative estimate of drug-likeness (QED) is 0.432. The molecule has 25 heavy (non-hydrogen) atoms. The molecule has 0 saturated heterocycles. The summed E-state index contributed by atoms with van der Waals surface area (Å²) in [5.74, 6) is -0.562. The van der Waals surface area contributed by atoms with Crippen LogP contribution in [-0.2, 0) is 0 Å². The Labute approximate surface area is 143 Å². The van der Waals surface area contributed by atoms with Crippen molar-refractivity contribution in [1.82, 2.24) is 4.98 Å². The lowest BCUT2D eigenvalue weighted by Crippen LogP contribution is -1.98. The number of aromatic amines is 1. The van der Waals surface area contributed by atoms with Crippen LogP contribution in [0, 0.1) is 11.6 Å². The molecule has 0 spiro atoms. The monoisotopic (exact) mass is 335 g/mol. The molecule has 0 fully saturated rings. The molecule has 0 aliphatic heterocycles. The van der Waals surface area contributed by atoms with Crippen molar-refractivity contribution < 1.29 is 8.78 Å². The van der Waals surface area contributed by atoms with E-state index in [-0.39, 0.29) is 11.6 Å². The first-order valence-electron chi connectivity index (χ1n) is 7.83. The molecule has 3 aromatic carbocycles. The third kappa shape index (κ3) is 3.30. The number of hydrogen-bond donors (Lipinski definition) is 3. The number of aromatic nitrogens is 1. The molecule has 3 N–H and O–H groups in total. The molecule has 0 bridgehead atoms. The van der Waals surface area contributed by atoms with E-state index in [9.17, 15) is 8.78 Å². The molecule has 0 unspecified atom stereocenters. The summed E-state index contributed by atoms with van der Waals surface area (Å²) in [7, 11) is 0. The molecule has 1 aromatic heterocycles. The molecule has 4 aromatic rings. The van der Waals surface area contributed by atoms with Crippen LogP contribution in [0.5, 0.6) is 0 Å². The van der Waals surface area contributed by atoms with Crippen molar-refractivity contribution in [3.05, 3.63) is 84.7 Å². The second-order valence-electron chi connectivity index (χ2n) is 5.75. The van der Waals surface area contributed by atoms with E-state index < -0.39 is 0 Å². The molecule has 124 valence electrons. The van der Waals surface area contributed by atoms with Gasteiger partial charge in [0, 0.05) is 34.5 Å². The minimum Gasteiger partial charge on any atom is -0.366 e. The van der Waals surface area contributed by atoms with E-state index >= 15 is 0 Å². The van der Waals surface area contributed by atoms with Gasteiger partial charge in [-0.1, -0.05) is 0 Å². The molecular weight excluding hydrogens is 320 g/mol. The molecule has 0 radical (unpaired) electrons. The second kappa shape index (κ2) is 6.28. The van der Waals surface area contributed by atoms with Gasteiger partial charge >= 0.3 is 0 Å². The Kier molecular flexibility index (Phi) is 3.82. The topological polar surface area (TPSA) is 39.9 Å². The zero-order chi connectivity index (χ0) is 17.2. The number of benzene rings is 3. The number of halogens is 2. The van der Waals surface area contributed by atoms with Gasteiger partial charge in [-0.2, -0.15) is 0 Å². The summed E-state index contributed by atoms with van der Waals surface area (Å²) in [6, 6.07) is 16.3. The Morgan fingerprint density at radius 1 is 0.600 bits per heavy atom. The first-order valence-corrected chi connectivity index (χ1v) is 7.83. The number of hydrogen-bond acceptors (Lipinski definition) is 2. The fourth-order valence-electron chi connectivity index (χ4n) is 2.69. The number of anilines is 4. The van der Waals surface area contributed by atoms with Crippen LogP contribution in [0.2, 0.25) is 0 Å². The Hall–Kier alpha value is -3.34. The van der Waals surface area contributed by atoms with Crippen molar-refractivity contribution in [2.45, 2.75) is 0 Å². The molecule has 0 amide bonds. The van der Waals surface area contributed by atoms with Gasteiger partial charge in [0.15, 0.2) is 0 Å². The molecule has 3 nitrogen and oxygen atoms in total. The van der Waals surface area contributed by atoms with E-state index in [2.05, 4.69) is 15.6 Å².